The Balaban J connectivity index is 2.82. The van der Waals surface area contributed by atoms with Gasteiger partial charge in [-0.3, -0.25) is 0 Å². The molecule has 3 N–H and O–H groups in total. The van der Waals surface area contributed by atoms with E-state index in [1.54, 1.807) is 0 Å². The molecule has 0 bridgehead atoms. The second-order valence-corrected chi connectivity index (χ2v) is 4.04. The van der Waals surface area contributed by atoms with E-state index >= 15 is 0 Å². The molecule has 0 atom stereocenters. The zero-order valence-corrected chi connectivity index (χ0v) is 8.98. The molecule has 1 aromatic heterocycles. The fourth-order valence-electron chi connectivity index (χ4n) is 1.58. The van der Waals surface area contributed by atoms with Crippen molar-refractivity contribution in [3.05, 3.63) is 33.9 Å². The predicted molar refractivity (Wildman–Crippen MR) is 58.6 cm³/mol. The Morgan fingerprint density at radius 1 is 1.46 bits per heavy atom. The summed E-state index contributed by atoms with van der Waals surface area (Å²) in [5, 5.41) is 1.20. The van der Waals surface area contributed by atoms with Crippen molar-refractivity contribution in [3.63, 3.8) is 0 Å². The van der Waals surface area contributed by atoms with Crippen LogP contribution in [0, 0.1) is 6.92 Å². The fraction of sp³-hybridized carbons (Fsp3) is 0.200. The number of nitrogens with two attached hydrogens (primary N) is 1. The average Bonchev–Trinajstić information content (AvgIpc) is 2.47. The molecule has 0 aliphatic rings. The third-order valence-electron chi connectivity index (χ3n) is 2.18. The maximum atomic E-state index is 5.63. The smallest absolute Gasteiger partial charge is 0.0471 e. The highest BCUT2D eigenvalue weighted by molar-refractivity contribution is 9.10. The van der Waals surface area contributed by atoms with Crippen LogP contribution >= 0.6 is 15.9 Å². The van der Waals surface area contributed by atoms with Gasteiger partial charge in [-0.1, -0.05) is 15.9 Å². The third-order valence-corrected chi connectivity index (χ3v) is 2.80. The molecule has 0 spiro atoms. The average molecular weight is 239 g/mol. The van der Waals surface area contributed by atoms with Crippen LogP contribution in [-0.2, 0) is 6.54 Å². The summed E-state index contributed by atoms with van der Waals surface area (Å²) in [6.07, 6.45) is 1.97. The maximum absolute atomic E-state index is 5.63. The summed E-state index contributed by atoms with van der Waals surface area (Å²) < 4.78 is 1.12. The van der Waals surface area contributed by atoms with Crippen molar-refractivity contribution < 1.29 is 0 Å². The first kappa shape index (κ1) is 8.78. The van der Waals surface area contributed by atoms with Crippen molar-refractivity contribution >= 4 is 26.8 Å². The molecule has 0 saturated carbocycles. The molecular formula is C10H11BrN2. The maximum Gasteiger partial charge on any atom is 0.0471 e. The molecule has 0 unspecified atom stereocenters. The third kappa shape index (κ3) is 1.38. The number of halogens is 1. The van der Waals surface area contributed by atoms with E-state index in [9.17, 15) is 0 Å². The SMILES string of the molecule is Cc1cc(Br)c2c(CN)c[nH]c2c1. The number of hydrogen-bond acceptors (Lipinski definition) is 1. The van der Waals surface area contributed by atoms with Gasteiger partial charge in [-0.25, -0.2) is 0 Å². The van der Waals surface area contributed by atoms with Gasteiger partial charge in [0, 0.05) is 28.1 Å². The van der Waals surface area contributed by atoms with Crippen molar-refractivity contribution in [1.82, 2.24) is 4.98 Å². The lowest BCUT2D eigenvalue weighted by molar-refractivity contribution is 1.08. The van der Waals surface area contributed by atoms with Gasteiger partial charge in [0.2, 0.25) is 0 Å². The van der Waals surface area contributed by atoms with Gasteiger partial charge in [-0.05, 0) is 30.2 Å². The number of fused-ring (bicyclic) bond motifs is 1. The summed E-state index contributed by atoms with van der Waals surface area (Å²) in [6.45, 7) is 2.65. The molecule has 2 nitrogen and oxygen atoms in total. The largest absolute Gasteiger partial charge is 0.361 e. The summed E-state index contributed by atoms with van der Waals surface area (Å²) in [5.74, 6) is 0. The minimum Gasteiger partial charge on any atom is -0.361 e. The normalized spacial score (nSPS) is 11.0. The number of benzene rings is 1. The van der Waals surface area contributed by atoms with Crippen LogP contribution in [0.2, 0.25) is 0 Å². The van der Waals surface area contributed by atoms with E-state index in [1.165, 1.54) is 10.9 Å². The van der Waals surface area contributed by atoms with Gasteiger partial charge in [0.05, 0.1) is 0 Å². The van der Waals surface area contributed by atoms with Gasteiger partial charge in [0.25, 0.3) is 0 Å². The van der Waals surface area contributed by atoms with E-state index in [-0.39, 0.29) is 0 Å². The first-order valence-electron chi connectivity index (χ1n) is 4.18. The molecule has 0 radical (unpaired) electrons. The summed E-state index contributed by atoms with van der Waals surface area (Å²) in [7, 11) is 0. The van der Waals surface area contributed by atoms with Gasteiger partial charge in [-0.15, -0.1) is 0 Å². The number of hydrogen-bond donors (Lipinski definition) is 2. The molecule has 68 valence electrons. The minimum atomic E-state index is 0.571. The van der Waals surface area contributed by atoms with E-state index in [0.717, 1.165) is 15.6 Å². The fourth-order valence-corrected chi connectivity index (χ4v) is 2.41. The van der Waals surface area contributed by atoms with Gasteiger partial charge in [0.1, 0.15) is 0 Å². The Kier molecular flexibility index (Phi) is 2.14. The molecule has 0 amide bonds. The first-order valence-corrected chi connectivity index (χ1v) is 4.98. The predicted octanol–water partition coefficient (Wildman–Crippen LogP) is 2.70. The van der Waals surface area contributed by atoms with Crippen LogP contribution in [0.5, 0.6) is 0 Å². The molecule has 3 heteroatoms. The van der Waals surface area contributed by atoms with Crippen LogP contribution < -0.4 is 5.73 Å². The summed E-state index contributed by atoms with van der Waals surface area (Å²) in [6, 6.07) is 4.23. The highest BCUT2D eigenvalue weighted by Gasteiger charge is 2.05. The Morgan fingerprint density at radius 3 is 2.92 bits per heavy atom. The standard InChI is InChI=1S/C10H11BrN2/c1-6-2-8(11)10-7(4-12)5-13-9(10)3-6/h2-3,5,13H,4,12H2,1H3. The number of nitrogens with one attached hydrogen (secondary N) is 1. The van der Waals surface area contributed by atoms with E-state index in [4.69, 9.17) is 5.73 Å². The Bertz CT molecular complexity index is 445. The lowest BCUT2D eigenvalue weighted by Gasteiger charge is -1.99. The molecule has 0 aliphatic heterocycles. The number of aromatic nitrogens is 1. The van der Waals surface area contributed by atoms with Crippen molar-refractivity contribution in [2.45, 2.75) is 13.5 Å². The molecule has 13 heavy (non-hydrogen) atoms. The number of aromatic amines is 1. The number of aryl methyl sites for hydroxylation is 1. The zero-order chi connectivity index (χ0) is 9.42. The van der Waals surface area contributed by atoms with E-state index in [1.807, 2.05) is 6.20 Å². The monoisotopic (exact) mass is 238 g/mol. The first-order chi connectivity index (χ1) is 6.22. The summed E-state index contributed by atoms with van der Waals surface area (Å²) in [4.78, 5) is 3.21. The quantitative estimate of drug-likeness (QED) is 0.789. The topological polar surface area (TPSA) is 41.8 Å². The van der Waals surface area contributed by atoms with E-state index < -0.39 is 0 Å². The van der Waals surface area contributed by atoms with E-state index in [2.05, 4.69) is 40.0 Å². The minimum absolute atomic E-state index is 0.571. The van der Waals surface area contributed by atoms with Gasteiger partial charge < -0.3 is 10.7 Å². The van der Waals surface area contributed by atoms with E-state index in [0.29, 0.717) is 6.54 Å². The Morgan fingerprint density at radius 2 is 2.23 bits per heavy atom. The highest BCUT2D eigenvalue weighted by atomic mass is 79.9. The molecule has 1 heterocycles. The molecule has 0 aliphatic carbocycles. The van der Waals surface area contributed by atoms with Crippen LogP contribution in [0.15, 0.2) is 22.8 Å². The number of H-pyrrole nitrogens is 1. The van der Waals surface area contributed by atoms with Crippen molar-refractivity contribution in [3.8, 4) is 0 Å². The van der Waals surface area contributed by atoms with Crippen LogP contribution in [0.1, 0.15) is 11.1 Å². The van der Waals surface area contributed by atoms with Crippen LogP contribution in [0.25, 0.3) is 10.9 Å². The zero-order valence-electron chi connectivity index (χ0n) is 7.39. The molecule has 2 aromatic rings. The second-order valence-electron chi connectivity index (χ2n) is 3.19. The summed E-state index contributed by atoms with van der Waals surface area (Å²) >= 11 is 3.54. The van der Waals surface area contributed by atoms with Gasteiger partial charge >= 0.3 is 0 Å². The van der Waals surface area contributed by atoms with Gasteiger partial charge in [-0.2, -0.15) is 0 Å². The molecular weight excluding hydrogens is 228 g/mol. The molecule has 0 saturated heterocycles. The van der Waals surface area contributed by atoms with Crippen LogP contribution in [-0.4, -0.2) is 4.98 Å². The van der Waals surface area contributed by atoms with Crippen LogP contribution in [0.3, 0.4) is 0 Å². The molecule has 2 rings (SSSR count). The molecule has 1 aromatic carbocycles. The van der Waals surface area contributed by atoms with Crippen molar-refractivity contribution in [2.75, 3.05) is 0 Å². The molecule has 0 fully saturated rings. The lowest BCUT2D eigenvalue weighted by Crippen LogP contribution is -1.94. The second kappa shape index (κ2) is 3.16. The van der Waals surface area contributed by atoms with Crippen molar-refractivity contribution in [2.24, 2.45) is 5.73 Å². The Labute approximate surface area is 85.3 Å². The van der Waals surface area contributed by atoms with Crippen LogP contribution in [0.4, 0.5) is 0 Å². The van der Waals surface area contributed by atoms with Crippen molar-refractivity contribution in [1.29, 1.82) is 0 Å². The summed E-state index contributed by atoms with van der Waals surface area (Å²) in [5.41, 5.74) is 9.17. The lowest BCUT2D eigenvalue weighted by atomic mass is 10.1. The number of rotatable bonds is 1. The van der Waals surface area contributed by atoms with Gasteiger partial charge in [0.15, 0.2) is 0 Å². The highest BCUT2D eigenvalue weighted by Crippen LogP contribution is 2.28. The Hall–Kier alpha value is -0.800.